The third-order valence-electron chi connectivity index (χ3n) is 1.20. The summed E-state index contributed by atoms with van der Waals surface area (Å²) in [5.74, 6) is 0.141. The van der Waals surface area contributed by atoms with Crippen LogP contribution in [-0.2, 0) is 0 Å². The zero-order chi connectivity index (χ0) is 8.10. The van der Waals surface area contributed by atoms with E-state index in [0.717, 1.165) is 0 Å². The zero-order valence-corrected chi connectivity index (χ0v) is 8.99. The standard InChI is InChI=1S/C8H10O3.Na/c9-5-6-11-8-4-2-1-3-7(8)10;/h1-4,9-10H,5-6H2;/q;+1/p-1. The number of rotatable bonds is 3. The largest absolute Gasteiger partial charge is 1.00 e. The smallest absolute Gasteiger partial charge is 0.870 e. The quantitative estimate of drug-likeness (QED) is 0.504. The van der Waals surface area contributed by atoms with E-state index >= 15 is 0 Å². The van der Waals surface area contributed by atoms with Crippen LogP contribution in [0.5, 0.6) is 11.5 Å². The van der Waals surface area contributed by atoms with E-state index in [-0.39, 0.29) is 48.5 Å². The summed E-state index contributed by atoms with van der Waals surface area (Å²) in [6.07, 6.45) is 0. The van der Waals surface area contributed by atoms with Crippen LogP contribution in [0.1, 0.15) is 0 Å². The monoisotopic (exact) mass is 176 g/mol. The second-order valence-corrected chi connectivity index (χ2v) is 2.02. The fourth-order valence-electron chi connectivity index (χ4n) is 0.725. The SMILES string of the molecule is [Na+].[O-]c1ccccc1OCCO. The van der Waals surface area contributed by atoms with Crippen LogP contribution in [0.2, 0.25) is 0 Å². The number of aliphatic hydroxyl groups is 1. The molecule has 12 heavy (non-hydrogen) atoms. The van der Waals surface area contributed by atoms with Gasteiger partial charge in [-0.1, -0.05) is 23.9 Å². The fraction of sp³-hybridized carbons (Fsp3) is 0.250. The molecule has 0 saturated heterocycles. The Balaban J connectivity index is 0.00000121. The molecule has 0 aliphatic carbocycles. The summed E-state index contributed by atoms with van der Waals surface area (Å²) >= 11 is 0. The van der Waals surface area contributed by atoms with E-state index in [0.29, 0.717) is 5.75 Å². The van der Waals surface area contributed by atoms with E-state index in [2.05, 4.69) is 0 Å². The predicted octanol–water partition coefficient (Wildman–Crippen LogP) is -2.86. The number of benzene rings is 1. The molecule has 3 nitrogen and oxygen atoms in total. The first kappa shape index (κ1) is 11.8. The summed E-state index contributed by atoms with van der Waals surface area (Å²) in [5.41, 5.74) is 0. The maximum atomic E-state index is 10.9. The van der Waals surface area contributed by atoms with Gasteiger partial charge in [-0.05, 0) is 6.07 Å². The average molecular weight is 176 g/mol. The molecular formula is C8H9NaO3. The van der Waals surface area contributed by atoms with Gasteiger partial charge in [0.25, 0.3) is 0 Å². The van der Waals surface area contributed by atoms with Crippen LogP contribution in [0.25, 0.3) is 0 Å². The van der Waals surface area contributed by atoms with Crippen LogP contribution >= 0.6 is 0 Å². The van der Waals surface area contributed by atoms with Gasteiger partial charge in [0.2, 0.25) is 0 Å². The summed E-state index contributed by atoms with van der Waals surface area (Å²) in [6.45, 7) is 0.0909. The van der Waals surface area contributed by atoms with Crippen molar-refractivity contribution in [2.45, 2.75) is 0 Å². The molecule has 0 atom stereocenters. The molecule has 0 aliphatic rings. The number of para-hydroxylation sites is 2. The normalized spacial score (nSPS) is 8.75. The molecule has 0 amide bonds. The topological polar surface area (TPSA) is 52.5 Å². The van der Waals surface area contributed by atoms with Gasteiger partial charge in [-0.25, -0.2) is 0 Å². The molecule has 1 rings (SSSR count). The summed E-state index contributed by atoms with van der Waals surface area (Å²) in [5, 5.41) is 19.3. The van der Waals surface area contributed by atoms with Crippen LogP contribution in [0, 0.1) is 0 Å². The number of aliphatic hydroxyl groups excluding tert-OH is 1. The Morgan fingerprint density at radius 2 is 2.00 bits per heavy atom. The fourth-order valence-corrected chi connectivity index (χ4v) is 0.725. The Bertz CT molecular complexity index is 227. The van der Waals surface area contributed by atoms with Gasteiger partial charge in [-0.15, -0.1) is 0 Å². The minimum absolute atomic E-state index is 0. The third-order valence-corrected chi connectivity index (χ3v) is 1.20. The maximum absolute atomic E-state index is 10.9. The van der Waals surface area contributed by atoms with Crippen LogP contribution < -0.4 is 39.4 Å². The number of ether oxygens (including phenoxy) is 1. The summed E-state index contributed by atoms with van der Waals surface area (Å²) < 4.78 is 4.92. The minimum Gasteiger partial charge on any atom is -0.870 e. The van der Waals surface area contributed by atoms with Crippen molar-refractivity contribution in [1.82, 2.24) is 0 Å². The Morgan fingerprint density at radius 3 is 2.58 bits per heavy atom. The van der Waals surface area contributed by atoms with Gasteiger partial charge in [-0.2, -0.15) is 0 Å². The van der Waals surface area contributed by atoms with Gasteiger partial charge in [0.05, 0.1) is 6.61 Å². The van der Waals surface area contributed by atoms with Gasteiger partial charge >= 0.3 is 29.6 Å². The van der Waals surface area contributed by atoms with Gasteiger partial charge in [-0.3, -0.25) is 0 Å². The van der Waals surface area contributed by atoms with Gasteiger partial charge < -0.3 is 14.9 Å². The average Bonchev–Trinajstić information content (AvgIpc) is 2.03. The Labute approximate surface area is 93.3 Å². The first-order valence-electron chi connectivity index (χ1n) is 3.34. The molecule has 0 spiro atoms. The van der Waals surface area contributed by atoms with E-state index in [1.165, 1.54) is 6.07 Å². The predicted molar refractivity (Wildman–Crippen MR) is 38.5 cm³/mol. The first-order chi connectivity index (χ1) is 5.34. The van der Waals surface area contributed by atoms with E-state index in [4.69, 9.17) is 9.84 Å². The van der Waals surface area contributed by atoms with Crippen molar-refractivity contribution in [3.05, 3.63) is 24.3 Å². The summed E-state index contributed by atoms with van der Waals surface area (Å²) in [6, 6.07) is 6.37. The minimum atomic E-state index is -0.152. The molecule has 0 heterocycles. The van der Waals surface area contributed by atoms with Crippen molar-refractivity contribution in [1.29, 1.82) is 0 Å². The molecule has 1 aromatic carbocycles. The van der Waals surface area contributed by atoms with Crippen LogP contribution in [0.4, 0.5) is 0 Å². The van der Waals surface area contributed by atoms with E-state index < -0.39 is 0 Å². The molecule has 1 N–H and O–H groups in total. The van der Waals surface area contributed by atoms with E-state index in [1.807, 2.05) is 0 Å². The second-order valence-electron chi connectivity index (χ2n) is 2.02. The molecular weight excluding hydrogens is 167 g/mol. The van der Waals surface area contributed by atoms with E-state index in [1.54, 1.807) is 18.2 Å². The molecule has 0 saturated carbocycles. The second kappa shape index (κ2) is 6.31. The number of hydrogen-bond acceptors (Lipinski definition) is 3. The van der Waals surface area contributed by atoms with Gasteiger partial charge in [0.15, 0.2) is 0 Å². The molecule has 0 fully saturated rings. The molecule has 0 radical (unpaired) electrons. The summed E-state index contributed by atoms with van der Waals surface area (Å²) in [4.78, 5) is 0. The molecule has 0 aromatic heterocycles. The van der Waals surface area contributed by atoms with Crippen molar-refractivity contribution in [2.24, 2.45) is 0 Å². The van der Waals surface area contributed by atoms with Crippen molar-refractivity contribution in [3.8, 4) is 11.5 Å². The Hall–Kier alpha value is -0.220. The molecule has 4 heteroatoms. The molecule has 0 bridgehead atoms. The zero-order valence-electron chi connectivity index (χ0n) is 6.99. The van der Waals surface area contributed by atoms with Crippen LogP contribution in [-0.4, -0.2) is 18.3 Å². The van der Waals surface area contributed by atoms with Crippen LogP contribution in [0.3, 0.4) is 0 Å². The molecule has 60 valence electrons. The first-order valence-corrected chi connectivity index (χ1v) is 3.34. The van der Waals surface area contributed by atoms with Crippen molar-refractivity contribution >= 4 is 0 Å². The van der Waals surface area contributed by atoms with E-state index in [9.17, 15) is 5.11 Å². The maximum Gasteiger partial charge on any atom is 1.00 e. The molecule has 0 unspecified atom stereocenters. The van der Waals surface area contributed by atoms with Gasteiger partial charge in [0, 0.05) is 0 Å². The molecule has 1 aromatic rings. The Morgan fingerprint density at radius 1 is 1.33 bits per heavy atom. The molecule has 0 aliphatic heterocycles. The summed E-state index contributed by atoms with van der Waals surface area (Å²) in [7, 11) is 0. The van der Waals surface area contributed by atoms with Crippen LogP contribution in [0.15, 0.2) is 24.3 Å². The Kier molecular flexibility index (Phi) is 6.20. The van der Waals surface area contributed by atoms with Gasteiger partial charge in [0.1, 0.15) is 12.4 Å². The number of hydrogen-bond donors (Lipinski definition) is 1. The van der Waals surface area contributed by atoms with Crippen molar-refractivity contribution < 1.29 is 44.5 Å². The van der Waals surface area contributed by atoms with Crippen molar-refractivity contribution in [2.75, 3.05) is 13.2 Å². The third kappa shape index (κ3) is 3.45. The van der Waals surface area contributed by atoms with Crippen molar-refractivity contribution in [3.63, 3.8) is 0 Å².